The molecule has 0 spiro atoms. The van der Waals surface area contributed by atoms with Gasteiger partial charge in [0.2, 0.25) is 0 Å². The van der Waals surface area contributed by atoms with Gasteiger partial charge in [0, 0.05) is 22.8 Å². The monoisotopic (exact) mass is 280 g/mol. The smallest absolute Gasteiger partial charge is 0.0725 e. The van der Waals surface area contributed by atoms with E-state index in [1.165, 1.54) is 36.8 Å². The number of fused-ring (bicyclic) bond motifs is 3. The number of nitrogens with zero attached hydrogens (tertiary/aromatic N) is 1. The van der Waals surface area contributed by atoms with Crippen LogP contribution in [-0.4, -0.2) is 11.0 Å². The van der Waals surface area contributed by atoms with E-state index >= 15 is 0 Å². The molecule has 2 aromatic rings. The fourth-order valence-electron chi connectivity index (χ4n) is 4.69. The Labute approximate surface area is 127 Å². The van der Waals surface area contributed by atoms with E-state index in [1.54, 1.807) is 0 Å². The predicted molar refractivity (Wildman–Crippen MR) is 88.5 cm³/mol. The first-order valence-electron chi connectivity index (χ1n) is 8.33. The standard InChI is InChI=1S/C19H24N2/c1-12-9-19(16-5-3-4-6-18(16)20-12)21-13(2)17-11-14-7-8-15(17)10-14/h3-6,9,13-15,17H,7-8,10-11H2,1-2H3,(H,20,21). The molecule has 2 heteroatoms. The van der Waals surface area contributed by atoms with Crippen LogP contribution in [0.4, 0.5) is 5.69 Å². The summed E-state index contributed by atoms with van der Waals surface area (Å²) >= 11 is 0. The number of anilines is 1. The van der Waals surface area contributed by atoms with Gasteiger partial charge in [0.05, 0.1) is 5.52 Å². The minimum absolute atomic E-state index is 0.561. The van der Waals surface area contributed by atoms with Crippen LogP contribution in [0.1, 0.15) is 38.3 Å². The van der Waals surface area contributed by atoms with E-state index < -0.39 is 0 Å². The van der Waals surface area contributed by atoms with Crippen LogP contribution in [0.3, 0.4) is 0 Å². The van der Waals surface area contributed by atoms with Crippen molar-refractivity contribution in [2.45, 2.75) is 45.6 Å². The van der Waals surface area contributed by atoms with Crippen molar-refractivity contribution in [2.75, 3.05) is 5.32 Å². The van der Waals surface area contributed by atoms with Crippen LogP contribution in [-0.2, 0) is 0 Å². The molecule has 2 aliphatic rings. The van der Waals surface area contributed by atoms with Gasteiger partial charge in [-0.3, -0.25) is 4.98 Å². The van der Waals surface area contributed by atoms with Crippen LogP contribution in [0, 0.1) is 24.7 Å². The quantitative estimate of drug-likeness (QED) is 0.875. The number of aromatic nitrogens is 1. The topological polar surface area (TPSA) is 24.9 Å². The Morgan fingerprint density at radius 1 is 1.19 bits per heavy atom. The van der Waals surface area contributed by atoms with Crippen LogP contribution in [0.25, 0.3) is 10.9 Å². The minimum atomic E-state index is 0.561. The lowest BCUT2D eigenvalue weighted by molar-refractivity contribution is 0.304. The number of pyridine rings is 1. The fourth-order valence-corrected chi connectivity index (χ4v) is 4.69. The molecular formula is C19H24N2. The van der Waals surface area contributed by atoms with Crippen molar-refractivity contribution in [3.8, 4) is 0 Å². The van der Waals surface area contributed by atoms with Crippen LogP contribution in [0.5, 0.6) is 0 Å². The highest BCUT2D eigenvalue weighted by Crippen LogP contribution is 2.50. The molecule has 2 bridgehead atoms. The number of benzene rings is 1. The number of hydrogen-bond donors (Lipinski definition) is 1. The summed E-state index contributed by atoms with van der Waals surface area (Å²) in [6.45, 7) is 4.45. The Bertz CT molecular complexity index is 664. The van der Waals surface area contributed by atoms with E-state index in [0.29, 0.717) is 6.04 Å². The van der Waals surface area contributed by atoms with Crippen LogP contribution in [0.2, 0.25) is 0 Å². The Morgan fingerprint density at radius 2 is 2.05 bits per heavy atom. The third-order valence-corrected chi connectivity index (χ3v) is 5.66. The largest absolute Gasteiger partial charge is 0.382 e. The van der Waals surface area contributed by atoms with Crippen LogP contribution < -0.4 is 5.32 Å². The summed E-state index contributed by atoms with van der Waals surface area (Å²) in [5.41, 5.74) is 3.45. The van der Waals surface area contributed by atoms with Crippen molar-refractivity contribution in [1.82, 2.24) is 4.98 Å². The van der Waals surface area contributed by atoms with Gasteiger partial charge in [-0.05, 0) is 63.0 Å². The Balaban J connectivity index is 1.62. The first-order valence-corrected chi connectivity index (χ1v) is 8.33. The second kappa shape index (κ2) is 5.01. The lowest BCUT2D eigenvalue weighted by atomic mass is 9.84. The second-order valence-corrected chi connectivity index (χ2v) is 7.10. The number of aryl methyl sites for hydroxylation is 1. The maximum Gasteiger partial charge on any atom is 0.0725 e. The van der Waals surface area contributed by atoms with Gasteiger partial charge in [-0.15, -0.1) is 0 Å². The molecule has 4 unspecified atom stereocenters. The highest BCUT2D eigenvalue weighted by molar-refractivity contribution is 5.91. The van der Waals surface area contributed by atoms with E-state index in [4.69, 9.17) is 0 Å². The Hall–Kier alpha value is -1.57. The summed E-state index contributed by atoms with van der Waals surface area (Å²) in [7, 11) is 0. The molecule has 0 aliphatic heterocycles. The lowest BCUT2D eigenvalue weighted by Crippen LogP contribution is -2.30. The van der Waals surface area contributed by atoms with Gasteiger partial charge >= 0.3 is 0 Å². The average molecular weight is 280 g/mol. The van der Waals surface area contributed by atoms with Crippen molar-refractivity contribution >= 4 is 16.6 Å². The molecule has 0 amide bonds. The van der Waals surface area contributed by atoms with E-state index in [9.17, 15) is 0 Å². The van der Waals surface area contributed by atoms with Crippen LogP contribution in [0.15, 0.2) is 30.3 Å². The van der Waals surface area contributed by atoms with Crippen molar-refractivity contribution < 1.29 is 0 Å². The van der Waals surface area contributed by atoms with Crippen LogP contribution >= 0.6 is 0 Å². The Kier molecular flexibility index (Phi) is 3.13. The SMILES string of the molecule is Cc1cc(NC(C)C2CC3CCC2C3)c2ccccc2n1. The summed E-state index contributed by atoms with van der Waals surface area (Å²) in [4.78, 5) is 4.64. The lowest BCUT2D eigenvalue weighted by Gasteiger charge is -2.29. The van der Waals surface area contributed by atoms with Gasteiger partial charge in [0.25, 0.3) is 0 Å². The van der Waals surface area contributed by atoms with Crippen molar-refractivity contribution in [2.24, 2.45) is 17.8 Å². The molecular weight excluding hydrogens is 256 g/mol. The third kappa shape index (κ3) is 2.31. The maximum absolute atomic E-state index is 4.64. The summed E-state index contributed by atoms with van der Waals surface area (Å²) < 4.78 is 0. The zero-order valence-corrected chi connectivity index (χ0v) is 13.0. The molecule has 1 N–H and O–H groups in total. The summed E-state index contributed by atoms with van der Waals surface area (Å²) in [6, 6.07) is 11.2. The molecule has 2 saturated carbocycles. The molecule has 2 fully saturated rings. The van der Waals surface area contributed by atoms with E-state index in [-0.39, 0.29) is 0 Å². The molecule has 110 valence electrons. The average Bonchev–Trinajstić information content (AvgIpc) is 3.09. The van der Waals surface area contributed by atoms with E-state index in [2.05, 4.69) is 54.5 Å². The number of para-hydroxylation sites is 1. The van der Waals surface area contributed by atoms with Gasteiger partial charge in [-0.1, -0.05) is 24.6 Å². The molecule has 0 saturated heterocycles. The third-order valence-electron chi connectivity index (χ3n) is 5.66. The van der Waals surface area contributed by atoms with Gasteiger partial charge in [0.1, 0.15) is 0 Å². The van der Waals surface area contributed by atoms with Gasteiger partial charge < -0.3 is 5.32 Å². The van der Waals surface area contributed by atoms with Crippen molar-refractivity contribution in [3.63, 3.8) is 0 Å². The summed E-state index contributed by atoms with van der Waals surface area (Å²) in [6.07, 6.45) is 5.84. The molecule has 4 rings (SSSR count). The first-order chi connectivity index (χ1) is 10.2. The molecule has 21 heavy (non-hydrogen) atoms. The van der Waals surface area contributed by atoms with E-state index in [0.717, 1.165) is 29.0 Å². The minimum Gasteiger partial charge on any atom is -0.382 e. The highest BCUT2D eigenvalue weighted by Gasteiger charge is 2.41. The molecule has 2 aliphatic carbocycles. The van der Waals surface area contributed by atoms with Gasteiger partial charge in [-0.2, -0.15) is 0 Å². The number of hydrogen-bond acceptors (Lipinski definition) is 2. The molecule has 2 nitrogen and oxygen atoms in total. The molecule has 1 aromatic carbocycles. The van der Waals surface area contributed by atoms with Gasteiger partial charge in [0.15, 0.2) is 0 Å². The predicted octanol–water partition coefficient (Wildman–Crippen LogP) is 4.78. The zero-order valence-electron chi connectivity index (χ0n) is 13.0. The molecule has 1 heterocycles. The molecule has 0 radical (unpaired) electrons. The summed E-state index contributed by atoms with van der Waals surface area (Å²) in [5.74, 6) is 2.84. The molecule has 4 atom stereocenters. The zero-order chi connectivity index (χ0) is 14.4. The van der Waals surface area contributed by atoms with E-state index in [1.807, 2.05) is 0 Å². The number of nitrogens with one attached hydrogen (secondary N) is 1. The van der Waals surface area contributed by atoms with Crippen molar-refractivity contribution in [3.05, 3.63) is 36.0 Å². The molecule has 1 aromatic heterocycles. The second-order valence-electron chi connectivity index (χ2n) is 7.10. The normalized spacial score (nSPS) is 29.0. The van der Waals surface area contributed by atoms with Gasteiger partial charge in [-0.25, -0.2) is 0 Å². The van der Waals surface area contributed by atoms with Crippen molar-refractivity contribution in [1.29, 1.82) is 0 Å². The Morgan fingerprint density at radius 3 is 2.81 bits per heavy atom. The first kappa shape index (κ1) is 13.1. The maximum atomic E-state index is 4.64. The fraction of sp³-hybridized carbons (Fsp3) is 0.526. The highest BCUT2D eigenvalue weighted by atomic mass is 14.9. The summed E-state index contributed by atoms with van der Waals surface area (Å²) in [5, 5.41) is 5.06. The number of rotatable bonds is 3.